The van der Waals surface area contributed by atoms with Crippen molar-refractivity contribution in [2.45, 2.75) is 20.4 Å². The predicted molar refractivity (Wildman–Crippen MR) is 72.3 cm³/mol. The normalized spacial score (nSPS) is 9.75. The number of benzene rings is 1. The quantitative estimate of drug-likeness (QED) is 0.885. The summed E-state index contributed by atoms with van der Waals surface area (Å²) in [5.41, 5.74) is 1.07. The monoisotopic (exact) mass is 283 g/mol. The fourth-order valence-corrected chi connectivity index (χ4v) is 1.91. The van der Waals surface area contributed by atoms with E-state index in [-0.39, 0.29) is 12.4 Å². The number of nitrogens with one attached hydrogen (secondary N) is 1. The molecule has 1 N–H and O–H groups in total. The maximum atomic E-state index is 6.06. The summed E-state index contributed by atoms with van der Waals surface area (Å²) in [5.74, 6) is 0.570. The van der Waals surface area contributed by atoms with Gasteiger partial charge in [-0.2, -0.15) is 0 Å². The number of hydrogen-bond donors (Lipinski definition) is 1. The molecule has 0 unspecified atom stereocenters. The van der Waals surface area contributed by atoms with Gasteiger partial charge in [-0.1, -0.05) is 30.1 Å². The molecule has 2 nitrogen and oxygen atoms in total. The Labute approximate surface area is 113 Å². The minimum atomic E-state index is 0. The van der Waals surface area contributed by atoms with Crippen molar-refractivity contribution in [2.24, 2.45) is 0 Å². The molecule has 1 aromatic rings. The molecule has 0 aliphatic rings. The third kappa shape index (κ3) is 4.38. The summed E-state index contributed by atoms with van der Waals surface area (Å²) in [6.07, 6.45) is 0. The van der Waals surface area contributed by atoms with Gasteiger partial charge in [0, 0.05) is 6.54 Å². The van der Waals surface area contributed by atoms with E-state index in [1.54, 1.807) is 0 Å². The zero-order chi connectivity index (χ0) is 11.3. The molecule has 0 bridgehead atoms. The summed E-state index contributed by atoms with van der Waals surface area (Å²) in [6.45, 7) is 6.20. The summed E-state index contributed by atoms with van der Waals surface area (Å²) in [6, 6.07) is 3.75. The largest absolute Gasteiger partial charge is 0.491 e. The molecule has 0 radical (unpaired) electrons. The molecule has 0 heterocycles. The first-order valence-electron chi connectivity index (χ1n) is 5.00. The lowest BCUT2D eigenvalue weighted by atomic mass is 10.2. The molecule has 0 spiro atoms. The summed E-state index contributed by atoms with van der Waals surface area (Å²) in [5, 5.41) is 4.35. The van der Waals surface area contributed by atoms with Gasteiger partial charge in [0.2, 0.25) is 0 Å². The van der Waals surface area contributed by atoms with E-state index in [1.165, 1.54) is 0 Å². The highest BCUT2D eigenvalue weighted by molar-refractivity contribution is 6.37. The van der Waals surface area contributed by atoms with E-state index in [4.69, 9.17) is 27.9 Å². The molecule has 16 heavy (non-hydrogen) atoms. The Hall–Kier alpha value is -0.150. The summed E-state index contributed by atoms with van der Waals surface area (Å²) < 4.78 is 5.34. The van der Waals surface area contributed by atoms with Gasteiger partial charge in [0.05, 0.1) is 16.7 Å². The Bertz CT molecular complexity index is 308. The van der Waals surface area contributed by atoms with Crippen LogP contribution in [-0.4, -0.2) is 13.2 Å². The zero-order valence-electron chi connectivity index (χ0n) is 9.35. The zero-order valence-corrected chi connectivity index (χ0v) is 11.7. The fourth-order valence-electron chi connectivity index (χ4n) is 1.27. The number of hydrogen-bond acceptors (Lipinski definition) is 2. The van der Waals surface area contributed by atoms with Crippen LogP contribution in [0.15, 0.2) is 12.1 Å². The average Bonchev–Trinajstić information content (AvgIpc) is 2.20. The smallest absolute Gasteiger partial charge is 0.156 e. The summed E-state index contributed by atoms with van der Waals surface area (Å²) in [4.78, 5) is 0. The van der Waals surface area contributed by atoms with Crippen molar-refractivity contribution in [3.05, 3.63) is 27.7 Å². The van der Waals surface area contributed by atoms with Crippen molar-refractivity contribution in [2.75, 3.05) is 13.2 Å². The second-order valence-corrected chi connectivity index (χ2v) is 3.92. The van der Waals surface area contributed by atoms with E-state index in [2.05, 4.69) is 12.2 Å². The van der Waals surface area contributed by atoms with Gasteiger partial charge in [0.1, 0.15) is 0 Å². The third-order valence-electron chi connectivity index (χ3n) is 1.93. The van der Waals surface area contributed by atoms with Crippen LogP contribution in [0.2, 0.25) is 10.0 Å². The molecule has 0 aliphatic heterocycles. The van der Waals surface area contributed by atoms with Crippen molar-refractivity contribution in [3.63, 3.8) is 0 Å². The highest BCUT2D eigenvalue weighted by Gasteiger charge is 2.08. The fraction of sp³-hybridized carbons (Fsp3) is 0.455. The van der Waals surface area contributed by atoms with Gasteiger partial charge in [-0.05, 0) is 31.2 Å². The van der Waals surface area contributed by atoms with Crippen LogP contribution < -0.4 is 10.1 Å². The molecule has 0 aromatic heterocycles. The second kappa shape index (κ2) is 8.02. The molecule has 0 aliphatic carbocycles. The maximum absolute atomic E-state index is 6.06. The molecule has 0 amide bonds. The van der Waals surface area contributed by atoms with Gasteiger partial charge in [0.25, 0.3) is 0 Å². The van der Waals surface area contributed by atoms with Gasteiger partial charge in [-0.25, -0.2) is 0 Å². The van der Waals surface area contributed by atoms with Crippen LogP contribution in [0.5, 0.6) is 5.75 Å². The first kappa shape index (κ1) is 15.9. The van der Waals surface area contributed by atoms with Crippen LogP contribution in [0.3, 0.4) is 0 Å². The van der Waals surface area contributed by atoms with E-state index in [9.17, 15) is 0 Å². The second-order valence-electron chi connectivity index (χ2n) is 3.10. The molecule has 92 valence electrons. The van der Waals surface area contributed by atoms with Crippen LogP contribution in [-0.2, 0) is 6.54 Å². The Morgan fingerprint density at radius 3 is 2.19 bits per heavy atom. The molecule has 0 saturated carbocycles. The predicted octanol–water partition coefficient (Wildman–Crippen LogP) is 3.92. The lowest BCUT2D eigenvalue weighted by Crippen LogP contribution is -2.11. The third-order valence-corrected chi connectivity index (χ3v) is 2.49. The van der Waals surface area contributed by atoms with Gasteiger partial charge >= 0.3 is 0 Å². The molecule has 0 fully saturated rings. The standard InChI is InChI=1S/C11H15Cl2NO.ClH/c1-3-14-7-8-5-9(12)11(15-4-2)10(13)6-8;/h5-6,14H,3-4,7H2,1-2H3;1H. The minimum absolute atomic E-state index is 0. The van der Waals surface area contributed by atoms with Crippen LogP contribution in [0, 0.1) is 0 Å². The molecule has 1 aromatic carbocycles. The van der Waals surface area contributed by atoms with Crippen molar-refractivity contribution >= 4 is 35.6 Å². The highest BCUT2D eigenvalue weighted by atomic mass is 35.5. The Morgan fingerprint density at radius 1 is 1.19 bits per heavy atom. The van der Waals surface area contributed by atoms with E-state index in [0.717, 1.165) is 18.7 Å². The van der Waals surface area contributed by atoms with E-state index in [1.807, 2.05) is 19.1 Å². The lowest BCUT2D eigenvalue weighted by Gasteiger charge is -2.10. The van der Waals surface area contributed by atoms with Gasteiger partial charge in [-0.15, -0.1) is 12.4 Å². The summed E-state index contributed by atoms with van der Waals surface area (Å²) in [7, 11) is 0. The van der Waals surface area contributed by atoms with Crippen molar-refractivity contribution in [1.82, 2.24) is 5.32 Å². The van der Waals surface area contributed by atoms with E-state index < -0.39 is 0 Å². The minimum Gasteiger partial charge on any atom is -0.491 e. The number of rotatable bonds is 5. The highest BCUT2D eigenvalue weighted by Crippen LogP contribution is 2.34. The van der Waals surface area contributed by atoms with Crippen LogP contribution in [0.4, 0.5) is 0 Å². The Kier molecular flexibility index (Phi) is 7.94. The number of halogens is 3. The molecule has 0 atom stereocenters. The van der Waals surface area contributed by atoms with Crippen molar-refractivity contribution < 1.29 is 4.74 Å². The summed E-state index contributed by atoms with van der Waals surface area (Å²) >= 11 is 12.1. The van der Waals surface area contributed by atoms with Crippen LogP contribution >= 0.6 is 35.6 Å². The molecule has 5 heteroatoms. The van der Waals surface area contributed by atoms with E-state index in [0.29, 0.717) is 22.4 Å². The first-order chi connectivity index (χ1) is 7.19. The SMILES string of the molecule is CCNCc1cc(Cl)c(OCC)c(Cl)c1.Cl. The maximum Gasteiger partial charge on any atom is 0.156 e. The molecule has 1 rings (SSSR count). The molecular formula is C11H16Cl3NO. The molecular weight excluding hydrogens is 268 g/mol. The first-order valence-corrected chi connectivity index (χ1v) is 5.76. The lowest BCUT2D eigenvalue weighted by molar-refractivity contribution is 0.340. The van der Waals surface area contributed by atoms with Crippen molar-refractivity contribution in [1.29, 1.82) is 0 Å². The van der Waals surface area contributed by atoms with Crippen LogP contribution in [0.25, 0.3) is 0 Å². The number of ether oxygens (including phenoxy) is 1. The molecule has 0 saturated heterocycles. The van der Waals surface area contributed by atoms with Gasteiger partial charge < -0.3 is 10.1 Å². The van der Waals surface area contributed by atoms with E-state index >= 15 is 0 Å². The van der Waals surface area contributed by atoms with Crippen molar-refractivity contribution in [3.8, 4) is 5.75 Å². The average molecular weight is 285 g/mol. The van der Waals surface area contributed by atoms with Crippen LogP contribution in [0.1, 0.15) is 19.4 Å². The topological polar surface area (TPSA) is 21.3 Å². The van der Waals surface area contributed by atoms with Gasteiger partial charge in [-0.3, -0.25) is 0 Å². The van der Waals surface area contributed by atoms with Gasteiger partial charge in [0.15, 0.2) is 5.75 Å². The Balaban J connectivity index is 0.00000225. The Morgan fingerprint density at radius 2 is 1.75 bits per heavy atom.